The number of likely N-dealkylation sites (tertiary alicyclic amines) is 1. The van der Waals surface area contributed by atoms with Gasteiger partial charge in [-0.25, -0.2) is 0 Å². The van der Waals surface area contributed by atoms with Gasteiger partial charge < -0.3 is 10.1 Å². The van der Waals surface area contributed by atoms with Crippen molar-refractivity contribution >= 4 is 28.6 Å². The Morgan fingerprint density at radius 1 is 1.25 bits per heavy atom. The number of nitrogens with zero attached hydrogens (tertiary/aromatic N) is 1. The number of rotatable bonds is 9. The molecule has 1 aromatic carbocycles. The number of ether oxygens (including phenoxy) is 1. The van der Waals surface area contributed by atoms with E-state index in [1.54, 1.807) is 24.3 Å². The van der Waals surface area contributed by atoms with Gasteiger partial charge in [0.15, 0.2) is 12.4 Å². The van der Waals surface area contributed by atoms with Crippen LogP contribution in [0.15, 0.2) is 24.3 Å². The number of carbonyl (C=O) groups excluding carboxylic acids is 3. The highest BCUT2D eigenvalue weighted by molar-refractivity contribution is 8.14. The first-order valence-corrected chi connectivity index (χ1v) is 11.0. The first kappa shape index (κ1) is 20.9. The molecule has 2 aliphatic heterocycles. The molecule has 2 fully saturated rings. The SMILES string of the molecule is CCCC(C(=O)c1ccc(OCC(=O)NC2CCSC2=O)cc1)N1CCCC1. The third-order valence-corrected chi connectivity index (χ3v) is 6.23. The fourth-order valence-corrected chi connectivity index (χ4v) is 4.66. The zero-order valence-corrected chi connectivity index (χ0v) is 17.1. The molecule has 0 aliphatic carbocycles. The van der Waals surface area contributed by atoms with Crippen molar-refractivity contribution in [2.75, 3.05) is 25.4 Å². The number of amides is 1. The number of hydrogen-bond donors (Lipinski definition) is 1. The van der Waals surface area contributed by atoms with Gasteiger partial charge in [0.25, 0.3) is 5.91 Å². The summed E-state index contributed by atoms with van der Waals surface area (Å²) in [7, 11) is 0. The molecule has 0 radical (unpaired) electrons. The summed E-state index contributed by atoms with van der Waals surface area (Å²) in [5.74, 6) is 1.13. The van der Waals surface area contributed by atoms with E-state index in [0.29, 0.717) is 17.7 Å². The number of ketones is 1. The Hall–Kier alpha value is -1.86. The van der Waals surface area contributed by atoms with Gasteiger partial charge in [0.1, 0.15) is 5.75 Å². The monoisotopic (exact) mass is 404 g/mol. The summed E-state index contributed by atoms with van der Waals surface area (Å²) in [6.07, 6.45) is 4.84. The van der Waals surface area contributed by atoms with Crippen LogP contribution in [0.25, 0.3) is 0 Å². The third kappa shape index (κ3) is 5.35. The molecule has 1 N–H and O–H groups in total. The molecular weight excluding hydrogens is 376 g/mol. The van der Waals surface area contributed by atoms with Crippen molar-refractivity contribution in [2.45, 2.75) is 51.1 Å². The van der Waals surface area contributed by atoms with Crippen molar-refractivity contribution in [1.82, 2.24) is 10.2 Å². The van der Waals surface area contributed by atoms with Crippen LogP contribution in [0.1, 0.15) is 49.4 Å². The van der Waals surface area contributed by atoms with Crippen molar-refractivity contribution in [2.24, 2.45) is 0 Å². The van der Waals surface area contributed by atoms with Gasteiger partial charge in [-0.05, 0) is 63.0 Å². The van der Waals surface area contributed by atoms with Crippen LogP contribution in [0.4, 0.5) is 0 Å². The second-order valence-electron chi connectivity index (χ2n) is 7.30. The van der Waals surface area contributed by atoms with Crippen LogP contribution in [-0.2, 0) is 9.59 Å². The largest absolute Gasteiger partial charge is 0.484 e. The maximum absolute atomic E-state index is 12.9. The molecule has 0 spiro atoms. The topological polar surface area (TPSA) is 75.7 Å². The van der Waals surface area contributed by atoms with Crippen LogP contribution >= 0.6 is 11.8 Å². The van der Waals surface area contributed by atoms with Gasteiger partial charge in [0.05, 0.1) is 12.1 Å². The minimum Gasteiger partial charge on any atom is -0.484 e. The Labute approximate surface area is 170 Å². The molecule has 2 saturated heterocycles. The van der Waals surface area contributed by atoms with Gasteiger partial charge in [0, 0.05) is 11.3 Å². The molecule has 2 atom stereocenters. The molecule has 1 amide bonds. The summed E-state index contributed by atoms with van der Waals surface area (Å²) in [5.41, 5.74) is 0.677. The molecule has 2 aliphatic rings. The molecule has 7 heteroatoms. The Bertz CT molecular complexity index is 701. The van der Waals surface area contributed by atoms with Crippen LogP contribution in [0.5, 0.6) is 5.75 Å². The molecule has 28 heavy (non-hydrogen) atoms. The Morgan fingerprint density at radius 3 is 2.57 bits per heavy atom. The summed E-state index contributed by atoms with van der Waals surface area (Å²) in [4.78, 5) is 38.7. The average molecular weight is 405 g/mol. The Kier molecular flexibility index (Phi) is 7.50. The summed E-state index contributed by atoms with van der Waals surface area (Å²) in [6, 6.07) is 6.54. The van der Waals surface area contributed by atoms with Crippen molar-refractivity contribution in [3.05, 3.63) is 29.8 Å². The standard InChI is InChI=1S/C21H28N2O4S/c1-2-5-18(23-11-3-4-12-23)20(25)15-6-8-16(9-7-15)27-14-19(24)22-17-10-13-28-21(17)26/h6-9,17-18H,2-5,10-14H2,1H3,(H,22,24). The van der Waals surface area contributed by atoms with Gasteiger partial charge in [-0.3, -0.25) is 19.3 Å². The number of benzene rings is 1. The van der Waals surface area contributed by atoms with Crippen LogP contribution in [-0.4, -0.2) is 59.2 Å². The van der Waals surface area contributed by atoms with Gasteiger partial charge in [-0.1, -0.05) is 25.1 Å². The van der Waals surface area contributed by atoms with Crippen molar-refractivity contribution < 1.29 is 19.1 Å². The second-order valence-corrected chi connectivity index (χ2v) is 8.40. The minimum absolute atomic E-state index is 0.0100. The minimum atomic E-state index is -0.401. The van der Waals surface area contributed by atoms with E-state index >= 15 is 0 Å². The first-order valence-electron chi connectivity index (χ1n) is 10.1. The smallest absolute Gasteiger partial charge is 0.258 e. The van der Waals surface area contributed by atoms with Crippen LogP contribution in [0, 0.1) is 0 Å². The van der Waals surface area contributed by atoms with E-state index in [2.05, 4.69) is 17.1 Å². The van der Waals surface area contributed by atoms with E-state index in [4.69, 9.17) is 4.74 Å². The van der Waals surface area contributed by atoms with E-state index in [-0.39, 0.29) is 29.5 Å². The van der Waals surface area contributed by atoms with Crippen molar-refractivity contribution in [1.29, 1.82) is 0 Å². The summed E-state index contributed by atoms with van der Waals surface area (Å²) < 4.78 is 5.50. The van der Waals surface area contributed by atoms with Crippen LogP contribution in [0.2, 0.25) is 0 Å². The van der Waals surface area contributed by atoms with Gasteiger partial charge in [0.2, 0.25) is 5.12 Å². The van der Waals surface area contributed by atoms with Gasteiger partial charge >= 0.3 is 0 Å². The lowest BCUT2D eigenvalue weighted by Crippen LogP contribution is -2.39. The molecule has 2 unspecified atom stereocenters. The summed E-state index contributed by atoms with van der Waals surface area (Å²) in [6.45, 7) is 3.95. The third-order valence-electron chi connectivity index (χ3n) is 5.23. The number of carbonyl (C=O) groups is 3. The zero-order valence-electron chi connectivity index (χ0n) is 16.3. The highest BCUT2D eigenvalue weighted by Crippen LogP contribution is 2.21. The lowest BCUT2D eigenvalue weighted by atomic mass is 9.99. The number of thioether (sulfide) groups is 1. The predicted octanol–water partition coefficient (Wildman–Crippen LogP) is 2.66. The molecular formula is C21H28N2O4S. The fourth-order valence-electron chi connectivity index (χ4n) is 3.73. The Morgan fingerprint density at radius 2 is 1.96 bits per heavy atom. The lowest BCUT2D eigenvalue weighted by Gasteiger charge is -2.26. The molecule has 0 saturated carbocycles. The van der Waals surface area contributed by atoms with Gasteiger partial charge in [-0.2, -0.15) is 0 Å². The zero-order chi connectivity index (χ0) is 19.9. The van der Waals surface area contributed by atoms with E-state index in [1.807, 2.05) is 0 Å². The first-order chi connectivity index (χ1) is 13.6. The van der Waals surface area contributed by atoms with E-state index < -0.39 is 6.04 Å². The maximum atomic E-state index is 12.9. The quantitative estimate of drug-likeness (QED) is 0.638. The molecule has 1 aromatic rings. The van der Waals surface area contributed by atoms with Crippen LogP contribution in [0.3, 0.4) is 0 Å². The van der Waals surface area contributed by atoms with E-state index in [9.17, 15) is 14.4 Å². The fraction of sp³-hybridized carbons (Fsp3) is 0.571. The molecule has 0 bridgehead atoms. The molecule has 3 rings (SSSR count). The van der Waals surface area contributed by atoms with Crippen molar-refractivity contribution in [3.63, 3.8) is 0 Å². The highest BCUT2D eigenvalue weighted by Gasteiger charge is 2.28. The molecule has 0 aromatic heterocycles. The van der Waals surface area contributed by atoms with E-state index in [0.717, 1.165) is 44.5 Å². The predicted molar refractivity (Wildman–Crippen MR) is 110 cm³/mol. The maximum Gasteiger partial charge on any atom is 0.258 e. The number of hydrogen-bond acceptors (Lipinski definition) is 6. The summed E-state index contributed by atoms with van der Waals surface area (Å²) in [5, 5.41) is 2.70. The molecule has 6 nitrogen and oxygen atoms in total. The van der Waals surface area contributed by atoms with E-state index in [1.165, 1.54) is 11.8 Å². The lowest BCUT2D eigenvalue weighted by molar-refractivity contribution is -0.126. The van der Waals surface area contributed by atoms with Gasteiger partial charge in [-0.15, -0.1) is 0 Å². The Balaban J connectivity index is 1.52. The molecule has 152 valence electrons. The summed E-state index contributed by atoms with van der Waals surface area (Å²) >= 11 is 1.25. The number of nitrogens with one attached hydrogen (secondary N) is 1. The number of Topliss-reactive ketones (excluding diaryl/α,β-unsaturated/α-hetero) is 1. The molecule has 2 heterocycles. The average Bonchev–Trinajstić information content (AvgIpc) is 3.37. The van der Waals surface area contributed by atoms with Crippen LogP contribution < -0.4 is 10.1 Å². The van der Waals surface area contributed by atoms with Crippen molar-refractivity contribution in [3.8, 4) is 5.75 Å². The normalized spacial score (nSPS) is 20.9. The highest BCUT2D eigenvalue weighted by atomic mass is 32.2. The second kappa shape index (κ2) is 10.1.